The molecule has 3 N–H and O–H groups in total. The number of amides is 4. The zero-order valence-corrected chi connectivity index (χ0v) is 33.1. The highest BCUT2D eigenvalue weighted by molar-refractivity contribution is 7.91. The van der Waals surface area contributed by atoms with Crippen LogP contribution in [0.15, 0.2) is 42.5 Å². The van der Waals surface area contributed by atoms with Crippen LogP contribution in [0.25, 0.3) is 11.0 Å². The fraction of sp³-hybridized carbons (Fsp3) is 0.579. The van der Waals surface area contributed by atoms with E-state index in [1.54, 1.807) is 37.3 Å². The number of halogens is 3. The predicted octanol–water partition coefficient (Wildman–Crippen LogP) is 4.29. The van der Waals surface area contributed by atoms with Gasteiger partial charge in [0, 0.05) is 18.4 Å². The first-order valence-electron chi connectivity index (χ1n) is 18.8. The number of rotatable bonds is 8. The van der Waals surface area contributed by atoms with E-state index in [2.05, 4.69) is 25.3 Å². The predicted molar refractivity (Wildman–Crippen MR) is 199 cm³/mol. The molecule has 2 fully saturated rings. The highest BCUT2D eigenvalue weighted by Gasteiger charge is 2.56. The summed E-state index contributed by atoms with van der Waals surface area (Å²) in [5.41, 5.74) is -3.32. The smallest absolute Gasteiger partial charge is 0.427 e. The van der Waals surface area contributed by atoms with E-state index in [9.17, 15) is 40.8 Å². The molecule has 1 aromatic heterocycles. The summed E-state index contributed by atoms with van der Waals surface area (Å²) in [6.45, 7) is 4.31. The average molecular weight is 821 g/mol. The van der Waals surface area contributed by atoms with Crippen LogP contribution in [0.1, 0.15) is 77.8 Å². The number of aromatic nitrogens is 2. The van der Waals surface area contributed by atoms with Crippen LogP contribution in [0, 0.1) is 12.8 Å². The second-order valence-electron chi connectivity index (χ2n) is 15.7. The van der Waals surface area contributed by atoms with Crippen molar-refractivity contribution < 1.29 is 55.0 Å². The lowest BCUT2D eigenvalue weighted by molar-refractivity contribution is -0.244. The van der Waals surface area contributed by atoms with Crippen LogP contribution in [-0.4, -0.2) is 101 Å². The molecule has 2 aliphatic heterocycles. The standard InChI is InChI=1S/C38H47F3N6O9S/c1-22-31(43-28-19-24(54-5)13-14-26(28)42-22)55-25-20-29-30(48)45-37(33(50)46-57(52,53)36(4)17-18-36)16-15-23(37)11-9-7-6-8-10-12-27(32(49)47(29)21-25)44-34(51)56-35(2,3)38(39,40)41/h9,11,13-16,19,23,25,27,29H,6-8,10,12,17-18,20-21H2,1-5H3,(H,44,51)(H,45,48)(H,46,50)/b11-9-/t23-,25-,27+,29+,37-/m1/s1. The summed E-state index contributed by atoms with van der Waals surface area (Å²) < 4.78 is 84.6. The SMILES string of the molecule is COc1ccc2nc(C)c(O[C@@H]3C[C@H]4C(=O)N[C@]5(C(=O)NS(=O)(=O)C6(C)CC6)C=C[C@H]5/C=C\CCCCC[C@H](NC(=O)OC(C)(C)C(F)(F)F)C(=O)N4C3)nc2c1. The van der Waals surface area contributed by atoms with Gasteiger partial charge in [-0.2, -0.15) is 13.2 Å². The summed E-state index contributed by atoms with van der Waals surface area (Å²) in [4.78, 5) is 66.1. The van der Waals surface area contributed by atoms with Crippen LogP contribution in [0.2, 0.25) is 0 Å². The molecule has 4 aliphatic rings. The lowest BCUT2D eigenvalue weighted by Gasteiger charge is -2.42. The minimum Gasteiger partial charge on any atom is -0.497 e. The topological polar surface area (TPSA) is 195 Å². The molecule has 0 unspecified atom stereocenters. The first-order chi connectivity index (χ1) is 26.7. The van der Waals surface area contributed by atoms with Gasteiger partial charge in [0.05, 0.1) is 29.4 Å². The molecule has 1 saturated carbocycles. The lowest BCUT2D eigenvalue weighted by Crippen LogP contribution is -2.67. The number of carbonyl (C=O) groups is 4. The third-order valence-corrected chi connectivity index (χ3v) is 13.2. The van der Waals surface area contributed by atoms with E-state index in [0.717, 1.165) is 4.90 Å². The quantitative estimate of drug-likeness (QED) is 0.322. The molecule has 0 radical (unpaired) electrons. The van der Waals surface area contributed by atoms with Crippen molar-refractivity contribution in [3.63, 3.8) is 0 Å². The second-order valence-corrected chi connectivity index (χ2v) is 17.9. The molecule has 3 heterocycles. The minimum absolute atomic E-state index is 0.00466. The van der Waals surface area contributed by atoms with Gasteiger partial charge in [0.2, 0.25) is 33.3 Å². The molecule has 2 aromatic rings. The molecule has 1 aromatic carbocycles. The Hall–Kier alpha value is -4.94. The number of nitrogens with one attached hydrogen (secondary N) is 3. The Kier molecular flexibility index (Phi) is 11.3. The molecular weight excluding hydrogens is 774 g/mol. The largest absolute Gasteiger partial charge is 0.497 e. The molecule has 5 atom stereocenters. The maximum Gasteiger partial charge on any atom is 0.427 e. The number of carbonyl (C=O) groups excluding carboxylic acids is 4. The lowest BCUT2D eigenvalue weighted by atomic mass is 9.73. The van der Waals surface area contributed by atoms with Gasteiger partial charge < -0.3 is 29.7 Å². The van der Waals surface area contributed by atoms with Gasteiger partial charge in [0.25, 0.3) is 5.91 Å². The van der Waals surface area contributed by atoms with Gasteiger partial charge >= 0.3 is 12.3 Å². The Labute approximate surface area is 328 Å². The van der Waals surface area contributed by atoms with Crippen LogP contribution >= 0.6 is 0 Å². The van der Waals surface area contributed by atoms with Gasteiger partial charge in [-0.05, 0) is 71.9 Å². The number of nitrogens with zero attached hydrogens (tertiary/aromatic N) is 3. The number of aryl methyl sites for hydroxylation is 1. The number of alkyl carbamates (subject to hydrolysis) is 1. The Morgan fingerprint density at radius 3 is 2.44 bits per heavy atom. The molecule has 2 aliphatic carbocycles. The molecule has 1 saturated heterocycles. The van der Waals surface area contributed by atoms with Gasteiger partial charge in [-0.1, -0.05) is 37.1 Å². The van der Waals surface area contributed by atoms with Crippen LogP contribution < -0.4 is 24.8 Å². The number of ether oxygens (including phenoxy) is 3. The van der Waals surface area contributed by atoms with Crippen LogP contribution in [0.3, 0.4) is 0 Å². The minimum atomic E-state index is -4.91. The molecule has 4 amide bonds. The van der Waals surface area contributed by atoms with Crippen molar-refractivity contribution in [1.29, 1.82) is 0 Å². The first-order valence-corrected chi connectivity index (χ1v) is 20.3. The van der Waals surface area contributed by atoms with Crippen molar-refractivity contribution in [1.82, 2.24) is 30.2 Å². The average Bonchev–Trinajstić information content (AvgIpc) is 3.75. The van der Waals surface area contributed by atoms with Crippen molar-refractivity contribution in [2.45, 2.75) is 119 Å². The van der Waals surface area contributed by atoms with E-state index in [1.165, 1.54) is 20.1 Å². The molecule has 310 valence electrons. The molecule has 0 spiro atoms. The Bertz CT molecular complexity index is 2110. The highest BCUT2D eigenvalue weighted by atomic mass is 32.2. The van der Waals surface area contributed by atoms with Crippen molar-refractivity contribution in [3.05, 3.63) is 48.2 Å². The van der Waals surface area contributed by atoms with Crippen molar-refractivity contribution in [2.24, 2.45) is 5.92 Å². The number of hydrogen-bond acceptors (Lipinski definition) is 11. The summed E-state index contributed by atoms with van der Waals surface area (Å²) in [7, 11) is -2.62. The van der Waals surface area contributed by atoms with Gasteiger partial charge in [-0.15, -0.1) is 0 Å². The second kappa shape index (κ2) is 15.4. The zero-order valence-electron chi connectivity index (χ0n) is 32.3. The number of alkyl halides is 3. The highest BCUT2D eigenvalue weighted by Crippen LogP contribution is 2.43. The van der Waals surface area contributed by atoms with Gasteiger partial charge in [0.1, 0.15) is 35.2 Å². The number of sulfonamides is 1. The van der Waals surface area contributed by atoms with Crippen molar-refractivity contribution in [2.75, 3.05) is 13.7 Å². The van der Waals surface area contributed by atoms with E-state index < -0.39 is 80.0 Å². The Morgan fingerprint density at radius 1 is 1.05 bits per heavy atom. The van der Waals surface area contributed by atoms with E-state index in [1.807, 2.05) is 6.08 Å². The van der Waals surface area contributed by atoms with Gasteiger partial charge in [-0.3, -0.25) is 19.1 Å². The fourth-order valence-electron chi connectivity index (χ4n) is 6.91. The summed E-state index contributed by atoms with van der Waals surface area (Å²) in [5.74, 6) is -2.72. The first kappa shape index (κ1) is 41.7. The van der Waals surface area contributed by atoms with E-state index >= 15 is 0 Å². The summed E-state index contributed by atoms with van der Waals surface area (Å²) >= 11 is 0. The summed E-state index contributed by atoms with van der Waals surface area (Å²) in [6, 6.07) is 2.34. The molecular formula is C38H47F3N6O9S. The normalized spacial score (nSPS) is 27.1. The van der Waals surface area contributed by atoms with Crippen LogP contribution in [0.4, 0.5) is 18.0 Å². The van der Waals surface area contributed by atoms with Gasteiger partial charge in [-0.25, -0.2) is 23.2 Å². The number of allylic oxidation sites excluding steroid dienone is 1. The molecule has 57 heavy (non-hydrogen) atoms. The van der Waals surface area contributed by atoms with E-state index in [-0.39, 0.29) is 25.3 Å². The zero-order chi connectivity index (χ0) is 41.6. The molecule has 19 heteroatoms. The monoisotopic (exact) mass is 820 g/mol. The van der Waals surface area contributed by atoms with Gasteiger partial charge in [0.15, 0.2) is 0 Å². The van der Waals surface area contributed by atoms with Crippen LogP contribution in [-0.2, 0) is 29.1 Å². The van der Waals surface area contributed by atoms with E-state index in [4.69, 9.17) is 14.2 Å². The third-order valence-electron chi connectivity index (χ3n) is 11.1. The number of methoxy groups -OCH3 is 1. The third kappa shape index (κ3) is 8.53. The number of benzene rings is 1. The van der Waals surface area contributed by atoms with Crippen molar-refractivity contribution >= 4 is 44.9 Å². The fourth-order valence-corrected chi connectivity index (χ4v) is 8.21. The Morgan fingerprint density at radius 2 is 1.79 bits per heavy atom. The maximum absolute atomic E-state index is 14.5. The number of fused-ring (bicyclic) bond motifs is 3. The molecule has 15 nitrogen and oxygen atoms in total. The Balaban J connectivity index is 1.33. The summed E-state index contributed by atoms with van der Waals surface area (Å²) in [6.07, 6.45) is 1.94. The van der Waals surface area contributed by atoms with E-state index in [0.29, 0.717) is 74.8 Å². The van der Waals surface area contributed by atoms with Crippen LogP contribution in [0.5, 0.6) is 11.6 Å². The van der Waals surface area contributed by atoms with Crippen molar-refractivity contribution in [3.8, 4) is 11.6 Å². The summed E-state index contributed by atoms with van der Waals surface area (Å²) in [5, 5.41) is 5.04. The number of hydrogen-bond donors (Lipinski definition) is 3. The maximum atomic E-state index is 14.5. The molecule has 6 rings (SSSR count). The molecule has 0 bridgehead atoms.